The molecule has 12 N–H and O–H groups in total. The van der Waals surface area contributed by atoms with Gasteiger partial charge in [-0.2, -0.15) is 0 Å². The molecule has 0 radical (unpaired) electrons. The number of carboxylic acids is 2. The van der Waals surface area contributed by atoms with Crippen molar-refractivity contribution in [3.05, 3.63) is 70.5 Å². The number of carboxylic acid groups (broad SMARTS) is 2. The summed E-state index contributed by atoms with van der Waals surface area (Å²) in [7, 11) is 0. The summed E-state index contributed by atoms with van der Waals surface area (Å²) in [5.41, 5.74) is 3.16. The van der Waals surface area contributed by atoms with Gasteiger partial charge in [0.25, 0.3) is 0 Å². The van der Waals surface area contributed by atoms with E-state index in [-0.39, 0.29) is 20.3 Å². The Morgan fingerprint density at radius 3 is 1.43 bits per heavy atom. The van der Waals surface area contributed by atoms with Crippen LogP contribution in [0.3, 0.4) is 0 Å². The lowest BCUT2D eigenvalue weighted by molar-refractivity contribution is -0.250. The van der Waals surface area contributed by atoms with Crippen LogP contribution in [0.5, 0.6) is 0 Å². The summed E-state index contributed by atoms with van der Waals surface area (Å²) in [5, 5.41) is 106. The van der Waals surface area contributed by atoms with Crippen LogP contribution < -0.4 is 10.6 Å². The van der Waals surface area contributed by atoms with Gasteiger partial charge in [0.15, 0.2) is 12.5 Å². The summed E-state index contributed by atoms with van der Waals surface area (Å²) in [4.78, 5) is 47.9. The summed E-state index contributed by atoms with van der Waals surface area (Å²) in [6.45, 7) is 4.41. The van der Waals surface area contributed by atoms with Crippen LogP contribution in [-0.4, -0.2) is 158 Å². The molecule has 2 aliphatic rings. The molecule has 0 saturated carbocycles. The Labute approximate surface area is 379 Å². The first-order valence-electron chi connectivity index (χ1n) is 20.9. The van der Waals surface area contributed by atoms with Crippen molar-refractivity contribution < 1.29 is 79.7 Å². The van der Waals surface area contributed by atoms with Gasteiger partial charge in [0.1, 0.15) is 60.9 Å². The van der Waals surface area contributed by atoms with Crippen LogP contribution >= 0.6 is 11.6 Å². The van der Waals surface area contributed by atoms with E-state index in [0.29, 0.717) is 63.6 Å². The third kappa shape index (κ3) is 12.0. The van der Waals surface area contributed by atoms with E-state index in [0.717, 1.165) is 5.56 Å². The lowest BCUT2D eigenvalue weighted by atomic mass is 9.98. The highest BCUT2D eigenvalue weighted by molar-refractivity contribution is 6.31. The van der Waals surface area contributed by atoms with Crippen molar-refractivity contribution in [2.45, 2.75) is 140 Å². The van der Waals surface area contributed by atoms with E-state index in [1.165, 1.54) is 4.57 Å². The quantitative estimate of drug-likeness (QED) is 0.0734. The SMILES string of the molecule is C.CCC[C@@H](NC(=O)Cc1cn([C@@H]2O[C@H](CO)[C@@H](O)[C@H](O)[C@H]2O)c2ccc(C)cc12)C(=O)O.CCC[C@@H](NC(=O)Cc1cn([C@@H]2O[C@H](CO)[C@@H](O)[C@H](O)[C@H]2O)c2ccc(Cl)cc12)C(=O)O. The van der Waals surface area contributed by atoms with Crippen molar-refractivity contribution in [2.75, 3.05) is 13.2 Å². The number of rotatable bonds is 16. The van der Waals surface area contributed by atoms with Crippen molar-refractivity contribution in [3.63, 3.8) is 0 Å². The van der Waals surface area contributed by atoms with E-state index in [2.05, 4.69) is 10.6 Å². The van der Waals surface area contributed by atoms with Crippen molar-refractivity contribution in [1.29, 1.82) is 0 Å². The predicted octanol–water partition coefficient (Wildman–Crippen LogP) is 0.649. The van der Waals surface area contributed by atoms with Crippen LogP contribution in [0, 0.1) is 6.92 Å². The Bertz CT molecular complexity index is 2110. The summed E-state index contributed by atoms with van der Waals surface area (Å²) < 4.78 is 14.4. The van der Waals surface area contributed by atoms with Gasteiger partial charge in [-0.05, 0) is 61.2 Å². The van der Waals surface area contributed by atoms with Gasteiger partial charge in [-0.25, -0.2) is 9.59 Å². The predicted molar refractivity (Wildman–Crippen MR) is 235 cm³/mol. The molecular weight excluding hydrogens is 876 g/mol. The minimum atomic E-state index is -1.56. The highest BCUT2D eigenvalue weighted by Crippen LogP contribution is 2.36. The highest BCUT2D eigenvalue weighted by Gasteiger charge is 2.46. The summed E-state index contributed by atoms with van der Waals surface area (Å²) >= 11 is 6.13. The van der Waals surface area contributed by atoms with Crippen LogP contribution in [0.1, 0.15) is 76.1 Å². The van der Waals surface area contributed by atoms with Gasteiger partial charge in [0.2, 0.25) is 11.8 Å². The van der Waals surface area contributed by atoms with Crippen LogP contribution in [0.2, 0.25) is 5.02 Å². The van der Waals surface area contributed by atoms with E-state index in [9.17, 15) is 70.2 Å². The Balaban J connectivity index is 0.000000280. The molecule has 0 bridgehead atoms. The summed E-state index contributed by atoms with van der Waals surface area (Å²) in [5.74, 6) is -3.18. The van der Waals surface area contributed by atoms with Crippen LogP contribution in [0.4, 0.5) is 0 Å². The van der Waals surface area contributed by atoms with Gasteiger partial charge in [-0.3, -0.25) is 9.59 Å². The number of aliphatic carboxylic acids is 2. The Hall–Kier alpha value is -4.71. The standard InChI is InChI=1S/C22H30N2O8.C21H27ClN2O8.CH4/c1-3-4-14(22(30)31)23-17(26)8-12-9-24(15-6-5-11(2)7-13(12)15)21-20(29)19(28)18(27)16(10-25)32-21;1-2-3-13(21(30)31)23-16(26)6-10-8-24(14-5-4-11(22)7-12(10)14)20-19(29)18(28)17(27)15(9-25)32-20;/h5-7,9,14,16,18-21,25,27-29H,3-4,8,10H2,1-2H3,(H,23,26)(H,30,31);4-5,7-8,13,15,17-20,25,27-29H,2-3,6,9H2,1H3,(H,23,26)(H,30,31);1H4/t14-,16-,18-,19+,20-,21-;13-,15-,17-,18+,19-,20-;/m11./s1. The lowest BCUT2D eigenvalue weighted by Gasteiger charge is -2.40. The fourth-order valence-electron chi connectivity index (χ4n) is 7.99. The van der Waals surface area contributed by atoms with Crippen LogP contribution in [-0.2, 0) is 41.5 Å². The number of halogens is 1. The number of aliphatic hydroxyl groups is 8. The van der Waals surface area contributed by atoms with Gasteiger partial charge < -0.3 is 80.3 Å². The number of amides is 2. The number of aryl methyl sites for hydroxylation is 1. The first-order valence-corrected chi connectivity index (χ1v) is 21.3. The minimum absolute atomic E-state index is 0. The molecule has 2 amide bonds. The van der Waals surface area contributed by atoms with Crippen molar-refractivity contribution >= 4 is 57.2 Å². The molecule has 4 aromatic rings. The van der Waals surface area contributed by atoms with Gasteiger partial charge >= 0.3 is 11.9 Å². The number of aliphatic hydroxyl groups excluding tert-OH is 8. The zero-order valence-electron chi connectivity index (χ0n) is 35.4. The number of aromatic nitrogens is 2. The van der Waals surface area contributed by atoms with E-state index in [4.69, 9.17) is 21.1 Å². The average Bonchev–Trinajstić information content (AvgIpc) is 3.78. The minimum Gasteiger partial charge on any atom is -0.480 e. The van der Waals surface area contributed by atoms with E-state index < -0.39 is 110 Å². The van der Waals surface area contributed by atoms with Crippen molar-refractivity contribution in [2.24, 2.45) is 0 Å². The van der Waals surface area contributed by atoms with Crippen molar-refractivity contribution in [3.8, 4) is 0 Å². The molecule has 0 spiro atoms. The Kier molecular flexibility index (Phi) is 18.8. The summed E-state index contributed by atoms with van der Waals surface area (Å²) in [6.07, 6.45) is -8.82. The smallest absolute Gasteiger partial charge is 0.326 e. The molecule has 360 valence electrons. The Morgan fingerprint density at radius 2 is 1.05 bits per heavy atom. The molecule has 2 aromatic carbocycles. The van der Waals surface area contributed by atoms with Crippen LogP contribution in [0.15, 0.2) is 48.8 Å². The molecule has 6 rings (SSSR count). The topological polar surface area (TPSA) is 323 Å². The fourth-order valence-corrected chi connectivity index (χ4v) is 8.16. The molecule has 65 heavy (non-hydrogen) atoms. The van der Waals surface area contributed by atoms with Gasteiger partial charge in [-0.1, -0.05) is 57.3 Å². The lowest BCUT2D eigenvalue weighted by Crippen LogP contribution is -2.56. The fraction of sp³-hybridized carbons (Fsp3) is 0.545. The number of nitrogens with one attached hydrogen (secondary N) is 2. The molecule has 20 nitrogen and oxygen atoms in total. The molecule has 2 aliphatic heterocycles. The maximum Gasteiger partial charge on any atom is 0.326 e. The molecule has 4 heterocycles. The van der Waals surface area contributed by atoms with Crippen LogP contribution in [0.25, 0.3) is 21.8 Å². The van der Waals surface area contributed by atoms with Gasteiger partial charge in [0.05, 0.1) is 37.1 Å². The Morgan fingerprint density at radius 1 is 0.646 bits per heavy atom. The van der Waals surface area contributed by atoms with Crippen molar-refractivity contribution in [1.82, 2.24) is 19.8 Å². The first kappa shape index (κ1) is 52.9. The zero-order chi connectivity index (χ0) is 47.2. The van der Waals surface area contributed by atoms with Gasteiger partial charge in [-0.15, -0.1) is 0 Å². The molecule has 21 heteroatoms. The number of ether oxygens (including phenoxy) is 2. The van der Waals surface area contributed by atoms with E-state index >= 15 is 0 Å². The normalized spacial score (nSPS) is 26.3. The molecule has 2 fully saturated rings. The summed E-state index contributed by atoms with van der Waals surface area (Å²) in [6, 6.07) is 8.38. The number of carbonyl (C=O) groups is 4. The largest absolute Gasteiger partial charge is 0.480 e. The molecule has 0 unspecified atom stereocenters. The number of hydrogen-bond donors (Lipinski definition) is 12. The number of benzene rings is 2. The van der Waals surface area contributed by atoms with E-state index in [1.54, 1.807) is 41.2 Å². The number of carbonyl (C=O) groups excluding carboxylic acids is 2. The number of fused-ring (bicyclic) bond motifs is 2. The number of hydrogen-bond acceptors (Lipinski definition) is 14. The maximum absolute atomic E-state index is 12.6. The third-order valence-electron chi connectivity index (χ3n) is 11.4. The van der Waals surface area contributed by atoms with Gasteiger partial charge in [0, 0.05) is 28.2 Å². The molecule has 0 aliphatic carbocycles. The van der Waals surface area contributed by atoms with E-state index in [1.807, 2.05) is 32.9 Å². The zero-order valence-corrected chi connectivity index (χ0v) is 36.2. The first-order chi connectivity index (χ1) is 30.3. The second-order valence-electron chi connectivity index (χ2n) is 16.1. The molecule has 2 aromatic heterocycles. The maximum atomic E-state index is 12.6. The second kappa shape index (κ2) is 23.1. The monoisotopic (exact) mass is 936 g/mol. The number of nitrogens with zero attached hydrogens (tertiary/aromatic N) is 2. The second-order valence-corrected chi connectivity index (χ2v) is 16.5. The average molecular weight is 937 g/mol. The molecule has 12 atom stereocenters. The molecular formula is C44H61ClN4O16. The molecule has 2 saturated heterocycles. The third-order valence-corrected chi connectivity index (χ3v) is 11.6. The highest BCUT2D eigenvalue weighted by atomic mass is 35.5.